The molecule has 6 nitrogen and oxygen atoms in total. The summed E-state index contributed by atoms with van der Waals surface area (Å²) in [5.41, 5.74) is 0.928. The van der Waals surface area contributed by atoms with Gasteiger partial charge in [0.1, 0.15) is 0 Å². The quantitative estimate of drug-likeness (QED) is 0.677. The molecular weight excluding hydrogens is 268 g/mol. The molecule has 0 radical (unpaired) electrons. The van der Waals surface area contributed by atoms with E-state index in [1.165, 1.54) is 0 Å². The van der Waals surface area contributed by atoms with Gasteiger partial charge in [0.05, 0.1) is 10.8 Å². The summed E-state index contributed by atoms with van der Waals surface area (Å²) in [6.07, 6.45) is 1.29. The van der Waals surface area contributed by atoms with Gasteiger partial charge in [-0.05, 0) is 31.9 Å². The van der Waals surface area contributed by atoms with E-state index in [9.17, 15) is 14.9 Å². The molecule has 2 rings (SSSR count). The maximum atomic E-state index is 11.0. The Balaban J connectivity index is 1.96. The second kappa shape index (κ2) is 5.66. The Hall–Kier alpha value is -1.47. The van der Waals surface area contributed by atoms with Crippen LogP contribution in [0.3, 0.4) is 0 Å². The molecule has 0 spiro atoms. The molecule has 1 saturated heterocycles. The van der Waals surface area contributed by atoms with Crippen molar-refractivity contribution in [1.29, 1.82) is 0 Å². The van der Waals surface area contributed by atoms with Crippen LogP contribution in [-0.2, 0) is 11.3 Å². The van der Waals surface area contributed by atoms with E-state index < -0.39 is 5.97 Å². The first kappa shape index (κ1) is 14.0. The summed E-state index contributed by atoms with van der Waals surface area (Å²) in [4.78, 5) is 23.4. The van der Waals surface area contributed by atoms with Gasteiger partial charge in [-0.3, -0.25) is 19.8 Å². The van der Waals surface area contributed by atoms with Crippen LogP contribution in [0.2, 0.25) is 0 Å². The summed E-state index contributed by atoms with van der Waals surface area (Å²) in [5.74, 6) is -0.985. The number of nitro groups is 1. The van der Waals surface area contributed by atoms with Gasteiger partial charge in [0, 0.05) is 24.0 Å². The molecule has 2 atom stereocenters. The van der Waals surface area contributed by atoms with Crippen molar-refractivity contribution < 1.29 is 14.8 Å². The lowest BCUT2D eigenvalue weighted by Gasteiger charge is -2.35. The lowest BCUT2D eigenvalue weighted by atomic mass is 9.91. The number of thiophene rings is 1. The Labute approximate surface area is 114 Å². The van der Waals surface area contributed by atoms with E-state index in [1.54, 1.807) is 11.4 Å². The Morgan fingerprint density at radius 1 is 1.68 bits per heavy atom. The minimum atomic E-state index is -0.724. The number of likely N-dealkylation sites (tertiary alicyclic amines) is 1. The molecule has 1 fully saturated rings. The summed E-state index contributed by atoms with van der Waals surface area (Å²) < 4.78 is 0. The molecule has 0 bridgehead atoms. The second-order valence-electron chi connectivity index (χ2n) is 4.93. The maximum Gasteiger partial charge on any atom is 0.324 e. The highest BCUT2D eigenvalue weighted by molar-refractivity contribution is 7.13. The highest BCUT2D eigenvalue weighted by Crippen LogP contribution is 2.28. The third kappa shape index (κ3) is 3.30. The van der Waals surface area contributed by atoms with Crippen molar-refractivity contribution in [3.8, 4) is 0 Å². The Morgan fingerprint density at radius 2 is 2.42 bits per heavy atom. The Bertz CT molecular complexity index is 488. The molecule has 1 aliphatic rings. The van der Waals surface area contributed by atoms with Crippen LogP contribution < -0.4 is 0 Å². The molecule has 0 saturated carbocycles. The van der Waals surface area contributed by atoms with Gasteiger partial charge in [-0.15, -0.1) is 0 Å². The van der Waals surface area contributed by atoms with E-state index in [4.69, 9.17) is 5.11 Å². The van der Waals surface area contributed by atoms with E-state index in [-0.39, 0.29) is 21.9 Å². The van der Waals surface area contributed by atoms with E-state index in [0.717, 1.165) is 23.4 Å². The molecule has 0 aromatic carbocycles. The van der Waals surface area contributed by atoms with Crippen molar-refractivity contribution in [2.45, 2.75) is 32.4 Å². The van der Waals surface area contributed by atoms with Gasteiger partial charge < -0.3 is 5.11 Å². The van der Waals surface area contributed by atoms with Crippen LogP contribution in [0.15, 0.2) is 11.4 Å². The SMILES string of the molecule is CC1CC(C(=O)O)CCN1Cc1csc([N+](=O)[O-])c1. The van der Waals surface area contributed by atoms with Gasteiger partial charge in [-0.1, -0.05) is 11.3 Å². The van der Waals surface area contributed by atoms with Crippen LogP contribution in [-0.4, -0.2) is 33.5 Å². The summed E-state index contributed by atoms with van der Waals surface area (Å²) in [6, 6.07) is 1.79. The van der Waals surface area contributed by atoms with Gasteiger partial charge in [-0.25, -0.2) is 0 Å². The van der Waals surface area contributed by atoms with Gasteiger partial charge in [0.25, 0.3) is 0 Å². The van der Waals surface area contributed by atoms with Gasteiger partial charge >= 0.3 is 11.0 Å². The molecule has 2 heterocycles. The average molecular weight is 284 g/mol. The number of piperidine rings is 1. The summed E-state index contributed by atoms with van der Waals surface area (Å²) >= 11 is 1.13. The minimum Gasteiger partial charge on any atom is -0.481 e. The normalized spacial score (nSPS) is 24.3. The van der Waals surface area contributed by atoms with Crippen LogP contribution in [0.5, 0.6) is 0 Å². The fourth-order valence-electron chi connectivity index (χ4n) is 2.46. The molecule has 104 valence electrons. The fraction of sp³-hybridized carbons (Fsp3) is 0.583. The van der Waals surface area contributed by atoms with Gasteiger partial charge in [0.15, 0.2) is 0 Å². The summed E-state index contributed by atoms with van der Waals surface area (Å²) in [5, 5.41) is 21.6. The number of carbonyl (C=O) groups is 1. The summed E-state index contributed by atoms with van der Waals surface area (Å²) in [7, 11) is 0. The van der Waals surface area contributed by atoms with Crippen molar-refractivity contribution in [1.82, 2.24) is 4.90 Å². The van der Waals surface area contributed by atoms with Gasteiger partial charge in [0.2, 0.25) is 0 Å². The van der Waals surface area contributed by atoms with Crippen LogP contribution in [0, 0.1) is 16.0 Å². The first-order chi connectivity index (χ1) is 8.97. The Morgan fingerprint density at radius 3 is 2.95 bits per heavy atom. The first-order valence-corrected chi connectivity index (χ1v) is 7.04. The van der Waals surface area contributed by atoms with Crippen molar-refractivity contribution >= 4 is 22.3 Å². The standard InChI is InChI=1S/C12H16N2O4S/c1-8-4-10(12(15)16)2-3-13(8)6-9-5-11(14(17)18)19-7-9/h5,7-8,10H,2-4,6H2,1H3,(H,15,16). The highest BCUT2D eigenvalue weighted by atomic mass is 32.1. The third-order valence-corrected chi connectivity index (χ3v) is 4.50. The van der Waals surface area contributed by atoms with E-state index in [2.05, 4.69) is 4.90 Å². The van der Waals surface area contributed by atoms with Crippen molar-refractivity contribution in [2.75, 3.05) is 6.54 Å². The third-order valence-electron chi connectivity index (χ3n) is 3.57. The van der Waals surface area contributed by atoms with Crippen LogP contribution in [0.1, 0.15) is 25.3 Å². The predicted molar refractivity (Wildman–Crippen MR) is 71.2 cm³/mol. The molecule has 1 aromatic heterocycles. The first-order valence-electron chi connectivity index (χ1n) is 6.16. The Kier molecular flexibility index (Phi) is 4.16. The fourth-order valence-corrected chi connectivity index (χ4v) is 3.18. The largest absolute Gasteiger partial charge is 0.481 e. The number of rotatable bonds is 4. The molecule has 7 heteroatoms. The van der Waals surface area contributed by atoms with Gasteiger partial charge in [-0.2, -0.15) is 0 Å². The molecule has 2 unspecified atom stereocenters. The molecule has 1 N–H and O–H groups in total. The number of hydrogen-bond donors (Lipinski definition) is 1. The van der Waals surface area contributed by atoms with Crippen molar-refractivity contribution in [3.63, 3.8) is 0 Å². The molecule has 1 aromatic rings. The van der Waals surface area contributed by atoms with E-state index in [0.29, 0.717) is 19.4 Å². The molecular formula is C12H16N2O4S. The average Bonchev–Trinajstić information content (AvgIpc) is 2.80. The number of carboxylic acid groups (broad SMARTS) is 1. The van der Waals surface area contributed by atoms with Crippen LogP contribution >= 0.6 is 11.3 Å². The smallest absolute Gasteiger partial charge is 0.324 e. The minimum absolute atomic E-state index is 0.156. The zero-order chi connectivity index (χ0) is 14.0. The lowest BCUT2D eigenvalue weighted by Crippen LogP contribution is -2.42. The van der Waals surface area contributed by atoms with E-state index >= 15 is 0 Å². The predicted octanol–water partition coefficient (Wildman–Crippen LogP) is 2.34. The molecule has 1 aliphatic heterocycles. The van der Waals surface area contributed by atoms with E-state index in [1.807, 2.05) is 6.92 Å². The zero-order valence-electron chi connectivity index (χ0n) is 10.6. The molecule has 0 aliphatic carbocycles. The topological polar surface area (TPSA) is 83.7 Å². The summed E-state index contributed by atoms with van der Waals surface area (Å²) in [6.45, 7) is 3.38. The number of carboxylic acids is 1. The zero-order valence-corrected chi connectivity index (χ0v) is 11.4. The number of hydrogen-bond acceptors (Lipinski definition) is 5. The van der Waals surface area contributed by atoms with Crippen LogP contribution in [0.4, 0.5) is 5.00 Å². The number of aliphatic carboxylic acids is 1. The second-order valence-corrected chi connectivity index (χ2v) is 5.82. The van der Waals surface area contributed by atoms with Crippen molar-refractivity contribution in [3.05, 3.63) is 27.1 Å². The maximum absolute atomic E-state index is 11.0. The molecule has 0 amide bonds. The van der Waals surface area contributed by atoms with Crippen LogP contribution in [0.25, 0.3) is 0 Å². The van der Waals surface area contributed by atoms with Crippen molar-refractivity contribution in [2.24, 2.45) is 5.92 Å². The molecule has 19 heavy (non-hydrogen) atoms. The monoisotopic (exact) mass is 284 g/mol. The lowest BCUT2D eigenvalue weighted by molar-refractivity contribution is -0.380. The highest BCUT2D eigenvalue weighted by Gasteiger charge is 2.29. The number of nitrogens with zero attached hydrogens (tertiary/aromatic N) is 2.